The lowest BCUT2D eigenvalue weighted by atomic mass is 10.2. The number of primary amides is 1. The van der Waals surface area contributed by atoms with E-state index >= 15 is 0 Å². The standard InChI is InChI=1S/C22H20N2O2S/c23-22(26)20-14-18(21(25)16-27-19-11-5-2-6-12-19)15-24(20)13-7-10-17-8-3-1-4-9-17/h1-12,14-15H,13,16H2,(H2,23,26)/b10-7+. The fourth-order valence-electron chi connectivity index (χ4n) is 2.64. The Labute approximate surface area is 162 Å². The number of thioether (sulfide) groups is 1. The zero-order valence-electron chi connectivity index (χ0n) is 14.7. The highest BCUT2D eigenvalue weighted by molar-refractivity contribution is 8.00. The van der Waals surface area contributed by atoms with Crippen molar-refractivity contribution in [2.24, 2.45) is 5.73 Å². The Hall–Kier alpha value is -3.05. The van der Waals surface area contributed by atoms with Gasteiger partial charge in [-0.25, -0.2) is 0 Å². The number of Topliss-reactive ketones (excluding diaryl/α,β-unsaturated/α-hetero) is 1. The maximum Gasteiger partial charge on any atom is 0.265 e. The number of nitrogens with two attached hydrogens (primary N) is 1. The molecule has 0 bridgehead atoms. The van der Waals surface area contributed by atoms with Crippen LogP contribution >= 0.6 is 11.8 Å². The molecule has 136 valence electrons. The van der Waals surface area contributed by atoms with Gasteiger partial charge in [-0.15, -0.1) is 11.8 Å². The van der Waals surface area contributed by atoms with Crippen LogP contribution in [-0.2, 0) is 6.54 Å². The summed E-state index contributed by atoms with van der Waals surface area (Å²) < 4.78 is 1.71. The summed E-state index contributed by atoms with van der Waals surface area (Å²) >= 11 is 1.47. The van der Waals surface area contributed by atoms with Crippen LogP contribution in [0, 0.1) is 0 Å². The van der Waals surface area contributed by atoms with E-state index in [1.165, 1.54) is 11.8 Å². The van der Waals surface area contributed by atoms with Crippen LogP contribution < -0.4 is 5.73 Å². The summed E-state index contributed by atoms with van der Waals surface area (Å²) in [5.74, 6) is -0.262. The molecule has 4 nitrogen and oxygen atoms in total. The van der Waals surface area contributed by atoms with Crippen molar-refractivity contribution >= 4 is 29.5 Å². The maximum absolute atomic E-state index is 12.5. The molecular formula is C22H20N2O2S. The molecule has 1 amide bonds. The second kappa shape index (κ2) is 9.05. The summed E-state index contributed by atoms with van der Waals surface area (Å²) in [6.45, 7) is 0.465. The number of carbonyl (C=O) groups excluding carboxylic acids is 2. The van der Waals surface area contributed by atoms with Gasteiger partial charge in [-0.3, -0.25) is 9.59 Å². The molecule has 2 aromatic carbocycles. The Bertz CT molecular complexity index is 947. The van der Waals surface area contributed by atoms with Crippen LogP contribution in [0.15, 0.2) is 83.9 Å². The van der Waals surface area contributed by atoms with E-state index in [1.807, 2.05) is 72.8 Å². The third-order valence-electron chi connectivity index (χ3n) is 4.00. The molecule has 0 aliphatic heterocycles. The molecule has 3 rings (SSSR count). The molecule has 0 aliphatic carbocycles. The van der Waals surface area contributed by atoms with E-state index in [2.05, 4.69) is 0 Å². The number of rotatable bonds is 8. The Kier molecular flexibility index (Phi) is 6.28. The van der Waals surface area contributed by atoms with Crippen LogP contribution in [0.25, 0.3) is 6.08 Å². The number of allylic oxidation sites excluding steroid dienone is 1. The van der Waals surface area contributed by atoms with E-state index in [9.17, 15) is 9.59 Å². The van der Waals surface area contributed by atoms with Gasteiger partial charge in [0.1, 0.15) is 5.69 Å². The first-order valence-corrected chi connectivity index (χ1v) is 9.54. The van der Waals surface area contributed by atoms with E-state index in [1.54, 1.807) is 16.8 Å². The van der Waals surface area contributed by atoms with Gasteiger partial charge in [0.05, 0.1) is 5.75 Å². The van der Waals surface area contributed by atoms with Gasteiger partial charge in [-0.05, 0) is 23.8 Å². The topological polar surface area (TPSA) is 65.1 Å². The number of hydrogen-bond acceptors (Lipinski definition) is 3. The molecule has 0 radical (unpaired) electrons. The van der Waals surface area contributed by atoms with Crippen molar-refractivity contribution in [3.8, 4) is 0 Å². The van der Waals surface area contributed by atoms with Crippen molar-refractivity contribution < 1.29 is 9.59 Å². The van der Waals surface area contributed by atoms with Crippen molar-refractivity contribution in [3.63, 3.8) is 0 Å². The minimum absolute atomic E-state index is 0.0304. The average molecular weight is 376 g/mol. The zero-order chi connectivity index (χ0) is 19.1. The Morgan fingerprint density at radius 2 is 1.67 bits per heavy atom. The van der Waals surface area contributed by atoms with Gasteiger partial charge in [0.15, 0.2) is 5.78 Å². The normalized spacial score (nSPS) is 11.0. The number of benzene rings is 2. The number of aromatic nitrogens is 1. The van der Waals surface area contributed by atoms with Crippen molar-refractivity contribution in [1.82, 2.24) is 4.57 Å². The number of ketones is 1. The minimum atomic E-state index is -0.544. The van der Waals surface area contributed by atoms with Gasteiger partial charge in [-0.2, -0.15) is 0 Å². The molecule has 1 heterocycles. The molecule has 3 aromatic rings. The average Bonchev–Trinajstić information content (AvgIpc) is 3.12. The van der Waals surface area contributed by atoms with E-state index < -0.39 is 5.91 Å². The van der Waals surface area contributed by atoms with E-state index in [0.717, 1.165) is 10.5 Å². The van der Waals surface area contributed by atoms with Crippen LogP contribution in [0.3, 0.4) is 0 Å². The molecule has 27 heavy (non-hydrogen) atoms. The van der Waals surface area contributed by atoms with E-state index in [4.69, 9.17) is 5.73 Å². The fraction of sp³-hybridized carbons (Fsp3) is 0.0909. The largest absolute Gasteiger partial charge is 0.364 e. The van der Waals surface area contributed by atoms with Crippen molar-refractivity contribution in [1.29, 1.82) is 0 Å². The molecule has 0 saturated heterocycles. The molecule has 2 N–H and O–H groups in total. The van der Waals surface area contributed by atoms with E-state index in [0.29, 0.717) is 23.6 Å². The summed E-state index contributed by atoms with van der Waals surface area (Å²) in [6.07, 6.45) is 5.61. The number of carbonyl (C=O) groups is 2. The predicted octanol–water partition coefficient (Wildman–Crippen LogP) is 4.28. The molecule has 0 fully saturated rings. The lowest BCUT2D eigenvalue weighted by Gasteiger charge is -2.02. The van der Waals surface area contributed by atoms with Crippen molar-refractivity contribution in [3.05, 3.63) is 95.8 Å². The van der Waals surface area contributed by atoms with Crippen LogP contribution in [0.5, 0.6) is 0 Å². The maximum atomic E-state index is 12.5. The highest BCUT2D eigenvalue weighted by Crippen LogP contribution is 2.19. The Morgan fingerprint density at radius 1 is 1.00 bits per heavy atom. The summed E-state index contributed by atoms with van der Waals surface area (Å²) in [5.41, 5.74) is 7.38. The smallest absolute Gasteiger partial charge is 0.265 e. The van der Waals surface area contributed by atoms with Crippen LogP contribution in [-0.4, -0.2) is 22.0 Å². The van der Waals surface area contributed by atoms with Gasteiger partial charge in [-0.1, -0.05) is 60.7 Å². The number of hydrogen-bond donors (Lipinski definition) is 1. The second-order valence-corrected chi connectivity index (χ2v) is 7.02. The third-order valence-corrected chi connectivity index (χ3v) is 5.01. The SMILES string of the molecule is NC(=O)c1cc(C(=O)CSc2ccccc2)cn1C/C=C/c1ccccc1. The predicted molar refractivity (Wildman–Crippen MR) is 110 cm³/mol. The summed E-state index contributed by atoms with van der Waals surface area (Å²) in [5, 5.41) is 0. The van der Waals surface area contributed by atoms with Crippen LogP contribution in [0.2, 0.25) is 0 Å². The van der Waals surface area contributed by atoms with Crippen molar-refractivity contribution in [2.45, 2.75) is 11.4 Å². The molecule has 0 unspecified atom stereocenters. The number of amides is 1. The van der Waals surface area contributed by atoms with Crippen LogP contribution in [0.4, 0.5) is 0 Å². The first kappa shape index (κ1) is 18.7. The molecule has 5 heteroatoms. The quantitative estimate of drug-likeness (QED) is 0.471. The minimum Gasteiger partial charge on any atom is -0.364 e. The molecule has 0 aliphatic rings. The van der Waals surface area contributed by atoms with Gasteiger partial charge >= 0.3 is 0 Å². The first-order valence-electron chi connectivity index (χ1n) is 8.56. The van der Waals surface area contributed by atoms with E-state index in [-0.39, 0.29) is 5.78 Å². The Morgan fingerprint density at radius 3 is 2.33 bits per heavy atom. The molecule has 0 atom stereocenters. The number of nitrogens with zero attached hydrogens (tertiary/aromatic N) is 1. The highest BCUT2D eigenvalue weighted by Gasteiger charge is 2.15. The Balaban J connectivity index is 1.69. The molecule has 0 spiro atoms. The third kappa shape index (κ3) is 5.21. The first-order chi connectivity index (χ1) is 13.1. The van der Waals surface area contributed by atoms with Gasteiger partial charge < -0.3 is 10.3 Å². The molecule has 1 aromatic heterocycles. The summed E-state index contributed by atoms with van der Waals surface area (Å²) in [4.78, 5) is 25.3. The van der Waals surface area contributed by atoms with Crippen molar-refractivity contribution in [2.75, 3.05) is 5.75 Å². The van der Waals surface area contributed by atoms with Gasteiger partial charge in [0.25, 0.3) is 5.91 Å². The highest BCUT2D eigenvalue weighted by atomic mass is 32.2. The summed E-state index contributed by atoms with van der Waals surface area (Å²) in [7, 11) is 0. The lowest BCUT2D eigenvalue weighted by Crippen LogP contribution is -2.16. The summed E-state index contributed by atoms with van der Waals surface area (Å²) in [6, 6.07) is 21.2. The molecule has 0 saturated carbocycles. The lowest BCUT2D eigenvalue weighted by molar-refractivity contribution is 0.0991. The van der Waals surface area contributed by atoms with Crippen LogP contribution in [0.1, 0.15) is 26.4 Å². The second-order valence-electron chi connectivity index (χ2n) is 5.97. The van der Waals surface area contributed by atoms with Gasteiger partial charge in [0, 0.05) is 23.2 Å². The monoisotopic (exact) mass is 376 g/mol. The van der Waals surface area contributed by atoms with Gasteiger partial charge in [0.2, 0.25) is 0 Å². The zero-order valence-corrected chi connectivity index (χ0v) is 15.6. The molecular weight excluding hydrogens is 356 g/mol. The fourth-order valence-corrected chi connectivity index (χ4v) is 3.45.